The average molecular weight is 326 g/mol. The van der Waals surface area contributed by atoms with Crippen LogP contribution in [0.15, 0.2) is 24.3 Å². The minimum atomic E-state index is -0.215. The summed E-state index contributed by atoms with van der Waals surface area (Å²) in [5.74, 6) is 1.58. The molecule has 2 aliphatic heterocycles. The fraction of sp³-hybridized carbons (Fsp3) is 0.562. The molecule has 0 spiro atoms. The van der Waals surface area contributed by atoms with Crippen LogP contribution < -0.4 is 0 Å². The van der Waals surface area contributed by atoms with E-state index >= 15 is 0 Å². The van der Waals surface area contributed by atoms with Gasteiger partial charge in [-0.3, -0.25) is 4.79 Å². The monoisotopic (exact) mass is 325 g/mol. The van der Waals surface area contributed by atoms with E-state index in [4.69, 9.17) is 11.6 Å². The second kappa shape index (κ2) is 6.59. The van der Waals surface area contributed by atoms with Gasteiger partial charge in [0.05, 0.1) is 11.9 Å². The van der Waals surface area contributed by atoms with E-state index in [9.17, 15) is 9.90 Å². The highest BCUT2D eigenvalue weighted by molar-refractivity contribution is 7.99. The molecular weight excluding hydrogens is 306 g/mol. The van der Waals surface area contributed by atoms with Crippen LogP contribution in [0.1, 0.15) is 31.2 Å². The van der Waals surface area contributed by atoms with E-state index in [-0.39, 0.29) is 24.1 Å². The molecule has 3 rings (SSSR count). The van der Waals surface area contributed by atoms with Crippen molar-refractivity contribution >= 4 is 29.3 Å². The van der Waals surface area contributed by atoms with Gasteiger partial charge in [0.25, 0.3) is 0 Å². The fourth-order valence-electron chi connectivity index (χ4n) is 3.47. The average Bonchev–Trinajstić information content (AvgIpc) is 2.73. The van der Waals surface area contributed by atoms with Crippen LogP contribution in [0.2, 0.25) is 5.02 Å². The molecule has 2 atom stereocenters. The van der Waals surface area contributed by atoms with E-state index in [1.165, 1.54) is 5.56 Å². The molecule has 1 amide bonds. The number of rotatable bonds is 4. The summed E-state index contributed by atoms with van der Waals surface area (Å²) in [6, 6.07) is 8.29. The lowest BCUT2D eigenvalue weighted by molar-refractivity contribution is -0.134. The maximum atomic E-state index is 12.4. The third-order valence-corrected chi connectivity index (χ3v) is 5.64. The van der Waals surface area contributed by atoms with Crippen molar-refractivity contribution in [2.45, 2.75) is 49.6 Å². The molecule has 1 N–H and O–H groups in total. The number of amides is 1. The molecule has 1 aromatic carbocycles. The van der Waals surface area contributed by atoms with E-state index in [0.29, 0.717) is 5.75 Å². The lowest BCUT2D eigenvalue weighted by atomic mass is 10.00. The van der Waals surface area contributed by atoms with Crippen LogP contribution in [0.5, 0.6) is 0 Å². The fourth-order valence-corrected chi connectivity index (χ4v) is 4.45. The molecule has 21 heavy (non-hydrogen) atoms. The first-order chi connectivity index (χ1) is 10.1. The number of nitrogens with zero attached hydrogens (tertiary/aromatic N) is 1. The molecule has 1 aromatic rings. The Morgan fingerprint density at radius 2 is 1.86 bits per heavy atom. The zero-order valence-electron chi connectivity index (χ0n) is 11.9. The van der Waals surface area contributed by atoms with Crippen LogP contribution in [0.4, 0.5) is 0 Å². The lowest BCUT2D eigenvalue weighted by Crippen LogP contribution is -2.48. The predicted octanol–water partition coefficient (Wildman–Crippen LogP) is 3.09. The van der Waals surface area contributed by atoms with Crippen LogP contribution >= 0.6 is 23.4 Å². The van der Waals surface area contributed by atoms with Crippen molar-refractivity contribution in [2.75, 3.05) is 5.75 Å². The minimum Gasteiger partial charge on any atom is -0.393 e. The highest BCUT2D eigenvalue weighted by Crippen LogP contribution is 2.36. The van der Waals surface area contributed by atoms with E-state index < -0.39 is 0 Å². The minimum absolute atomic E-state index is 0.215. The second-order valence-corrected chi connectivity index (χ2v) is 7.35. The van der Waals surface area contributed by atoms with E-state index in [1.807, 2.05) is 29.2 Å². The third-order valence-electron chi connectivity index (χ3n) is 4.40. The van der Waals surface area contributed by atoms with Crippen molar-refractivity contribution in [3.63, 3.8) is 0 Å². The normalized spacial score (nSPS) is 27.9. The molecule has 3 nitrogen and oxygen atoms in total. The molecule has 2 fully saturated rings. The standard InChI is InChI=1S/C16H20ClNO2S/c17-12-3-1-11(2-4-12)9-21-10-16(20)18-13-5-6-14(18)8-15(19)7-13/h1-4,13-15,19H,5-10H2. The molecule has 114 valence electrons. The van der Waals surface area contributed by atoms with E-state index in [1.54, 1.807) is 11.8 Å². The lowest BCUT2D eigenvalue weighted by Gasteiger charge is -2.37. The van der Waals surface area contributed by atoms with Crippen molar-refractivity contribution in [2.24, 2.45) is 0 Å². The largest absolute Gasteiger partial charge is 0.393 e. The summed E-state index contributed by atoms with van der Waals surface area (Å²) < 4.78 is 0. The Morgan fingerprint density at radius 3 is 2.48 bits per heavy atom. The van der Waals surface area contributed by atoms with E-state index in [2.05, 4.69) is 0 Å². The van der Waals surface area contributed by atoms with E-state index in [0.717, 1.165) is 36.5 Å². The molecule has 2 unspecified atom stereocenters. The Kier molecular flexibility index (Phi) is 4.77. The number of benzene rings is 1. The summed E-state index contributed by atoms with van der Waals surface area (Å²) in [5, 5.41) is 10.5. The number of carbonyl (C=O) groups excluding carboxylic acids is 1. The summed E-state index contributed by atoms with van der Waals surface area (Å²) >= 11 is 7.51. The van der Waals surface area contributed by atoms with Gasteiger partial charge in [0.15, 0.2) is 0 Å². The van der Waals surface area contributed by atoms with Gasteiger partial charge in [0.1, 0.15) is 0 Å². The van der Waals surface area contributed by atoms with Crippen molar-refractivity contribution in [1.29, 1.82) is 0 Å². The van der Waals surface area contributed by atoms with Gasteiger partial charge in [-0.15, -0.1) is 11.8 Å². The highest BCUT2D eigenvalue weighted by Gasteiger charge is 2.42. The van der Waals surface area contributed by atoms with Crippen LogP contribution in [0.25, 0.3) is 0 Å². The number of carbonyl (C=O) groups is 1. The van der Waals surface area contributed by atoms with Crippen LogP contribution in [0, 0.1) is 0 Å². The molecule has 2 saturated heterocycles. The molecule has 2 heterocycles. The first-order valence-electron chi connectivity index (χ1n) is 7.45. The summed E-state index contributed by atoms with van der Waals surface area (Å²) in [4.78, 5) is 14.5. The van der Waals surface area contributed by atoms with Gasteiger partial charge in [-0.05, 0) is 43.4 Å². The van der Waals surface area contributed by atoms with Gasteiger partial charge in [-0.2, -0.15) is 0 Å². The third kappa shape index (κ3) is 3.55. The van der Waals surface area contributed by atoms with Gasteiger partial charge in [0, 0.05) is 22.9 Å². The summed E-state index contributed by atoms with van der Waals surface area (Å²) in [6.45, 7) is 0. The predicted molar refractivity (Wildman–Crippen MR) is 86.5 cm³/mol. The first-order valence-corrected chi connectivity index (χ1v) is 8.98. The van der Waals surface area contributed by atoms with Crippen molar-refractivity contribution in [1.82, 2.24) is 4.90 Å². The second-order valence-electron chi connectivity index (χ2n) is 5.93. The Balaban J connectivity index is 1.49. The van der Waals surface area contributed by atoms with Crippen LogP contribution in [0.3, 0.4) is 0 Å². The Hall–Kier alpha value is -0.710. The Morgan fingerprint density at radius 1 is 1.24 bits per heavy atom. The van der Waals surface area contributed by atoms with Crippen molar-refractivity contribution < 1.29 is 9.90 Å². The maximum Gasteiger partial charge on any atom is 0.233 e. The molecule has 2 bridgehead atoms. The number of hydrogen-bond donors (Lipinski definition) is 1. The van der Waals surface area contributed by atoms with Crippen molar-refractivity contribution in [3.8, 4) is 0 Å². The molecule has 0 aromatic heterocycles. The van der Waals surface area contributed by atoms with Crippen LogP contribution in [-0.4, -0.2) is 39.9 Å². The van der Waals surface area contributed by atoms with Gasteiger partial charge >= 0.3 is 0 Å². The van der Waals surface area contributed by atoms with Gasteiger partial charge < -0.3 is 10.0 Å². The number of hydrogen-bond acceptors (Lipinski definition) is 3. The summed E-state index contributed by atoms with van der Waals surface area (Å²) in [5.41, 5.74) is 1.19. The number of fused-ring (bicyclic) bond motifs is 2. The summed E-state index contributed by atoms with van der Waals surface area (Å²) in [7, 11) is 0. The molecule has 0 saturated carbocycles. The topological polar surface area (TPSA) is 40.5 Å². The first kappa shape index (κ1) is 15.2. The Labute approximate surface area is 134 Å². The number of aliphatic hydroxyl groups excluding tert-OH is 1. The summed E-state index contributed by atoms with van der Waals surface area (Å²) in [6.07, 6.45) is 3.40. The Bertz CT molecular complexity index is 494. The zero-order valence-corrected chi connectivity index (χ0v) is 13.4. The smallest absolute Gasteiger partial charge is 0.233 e. The molecular formula is C16H20ClNO2S. The number of halogens is 1. The van der Waals surface area contributed by atoms with Gasteiger partial charge in [-0.1, -0.05) is 23.7 Å². The van der Waals surface area contributed by atoms with Gasteiger partial charge in [-0.25, -0.2) is 0 Å². The molecule has 2 aliphatic rings. The van der Waals surface area contributed by atoms with Gasteiger partial charge in [0.2, 0.25) is 5.91 Å². The molecule has 0 radical (unpaired) electrons. The molecule has 0 aliphatic carbocycles. The molecule has 5 heteroatoms. The van der Waals surface area contributed by atoms with Crippen LogP contribution in [-0.2, 0) is 10.5 Å². The quantitative estimate of drug-likeness (QED) is 0.924. The van der Waals surface area contributed by atoms with Crippen molar-refractivity contribution in [3.05, 3.63) is 34.9 Å². The number of piperidine rings is 1. The maximum absolute atomic E-state index is 12.4. The number of thioether (sulfide) groups is 1. The number of aliphatic hydroxyl groups is 1. The zero-order chi connectivity index (χ0) is 14.8. The highest BCUT2D eigenvalue weighted by atomic mass is 35.5. The SMILES string of the molecule is O=C(CSCc1ccc(Cl)cc1)N1C2CCC1CC(O)C2.